The number of benzene rings is 2. The molecule has 2 amide bonds. The average Bonchev–Trinajstić information content (AvgIpc) is 3.82. The van der Waals surface area contributed by atoms with Gasteiger partial charge < -0.3 is 20.1 Å². The molecule has 0 aromatic heterocycles. The molecule has 0 aliphatic rings. The van der Waals surface area contributed by atoms with E-state index in [0.29, 0.717) is 13.2 Å². The van der Waals surface area contributed by atoms with Crippen molar-refractivity contribution in [1.82, 2.24) is 10.6 Å². The van der Waals surface area contributed by atoms with Crippen molar-refractivity contribution in [3.05, 3.63) is 131 Å². The zero-order valence-corrected chi connectivity index (χ0v) is 30.5. The summed E-state index contributed by atoms with van der Waals surface area (Å²) in [5.41, 5.74) is -1.00. The summed E-state index contributed by atoms with van der Waals surface area (Å²) in [5, 5.41) is 5.21. The number of halogens is 4. The number of hydrogen-bond donors (Lipinski definition) is 2. The quantitative estimate of drug-likeness (QED) is 0.0895. The Morgan fingerprint density at radius 1 is 0.653 bits per heavy atom. The topological polar surface area (TPSA) is 76.7 Å². The molecular formula is C38H46F4N2O4Ti. The van der Waals surface area contributed by atoms with E-state index in [1.54, 1.807) is 27.7 Å². The van der Waals surface area contributed by atoms with Gasteiger partial charge in [0.15, 0.2) is 0 Å². The van der Waals surface area contributed by atoms with Crippen LogP contribution in [0.25, 0.3) is 0 Å². The summed E-state index contributed by atoms with van der Waals surface area (Å²) in [6, 6.07) is 28.6. The summed E-state index contributed by atoms with van der Waals surface area (Å²) in [6.45, 7) is 12.3. The molecule has 0 saturated heterocycles. The summed E-state index contributed by atoms with van der Waals surface area (Å²) in [5.74, 6) is -3.59. The molecule has 49 heavy (non-hydrogen) atoms. The van der Waals surface area contributed by atoms with E-state index in [9.17, 15) is 27.2 Å². The molecule has 11 heteroatoms. The third kappa shape index (κ3) is 19.3. The summed E-state index contributed by atoms with van der Waals surface area (Å²) in [6.07, 6.45) is 0. The van der Waals surface area contributed by atoms with Gasteiger partial charge >= 0.3 is 21.7 Å². The van der Waals surface area contributed by atoms with Gasteiger partial charge in [0.05, 0.1) is 24.0 Å². The van der Waals surface area contributed by atoms with Crippen molar-refractivity contribution in [2.75, 3.05) is 26.4 Å². The van der Waals surface area contributed by atoms with Crippen LogP contribution in [0.2, 0.25) is 0 Å². The molecule has 0 saturated carbocycles. The minimum absolute atomic E-state index is 0. The fraction of sp³-hybridized carbons (Fsp3) is 0.368. The van der Waals surface area contributed by atoms with Gasteiger partial charge in [-0.05, 0) is 41.5 Å². The second-order valence-electron chi connectivity index (χ2n) is 11.6. The van der Waals surface area contributed by atoms with Crippen molar-refractivity contribution >= 4 is 11.8 Å². The normalized spacial score (nSPS) is 10.5. The monoisotopic (exact) mass is 718 g/mol. The number of carbonyl (C=O) groups excluding carboxylic acids is 2. The SMILES string of the molecule is CCOCC(C)(C)C(=O)NCc1ccc(F)[c-]c1F.CCOCC(C)(C)C(=O)NCc1ccc(F)[c-]c1F.[Ti+4].c1cc[cH-]c1.c1cc[cH-]c1. The maximum atomic E-state index is 13.3. The third-order valence-electron chi connectivity index (χ3n) is 6.44. The molecule has 0 bridgehead atoms. The van der Waals surface area contributed by atoms with Crippen molar-refractivity contribution < 1.29 is 58.3 Å². The molecule has 4 aromatic carbocycles. The standard InChI is InChI=1S/2C14H18F2NO2.2C5H5.Ti/c2*1-4-19-9-14(2,3)13(18)17-8-10-5-6-11(15)7-12(10)16;2*1-2-4-5-3-1;/h2*5-6H,4,8-9H2,1-3H3,(H,17,18);2*1-5H;/q4*-1;+4. The second kappa shape index (κ2) is 24.5. The Balaban J connectivity index is 0.000000717. The Bertz CT molecular complexity index is 1300. The minimum Gasteiger partial charge on any atom is -0.381 e. The van der Waals surface area contributed by atoms with E-state index in [1.807, 2.05) is 86.6 Å². The first kappa shape index (κ1) is 45.4. The molecule has 0 unspecified atom stereocenters. The van der Waals surface area contributed by atoms with Crippen LogP contribution in [0.5, 0.6) is 0 Å². The summed E-state index contributed by atoms with van der Waals surface area (Å²) in [4.78, 5) is 23.8. The van der Waals surface area contributed by atoms with E-state index >= 15 is 0 Å². The van der Waals surface area contributed by atoms with Gasteiger partial charge in [-0.1, -0.05) is 0 Å². The Hall–Kier alpha value is -3.57. The largest absolute Gasteiger partial charge is 4.00 e. The van der Waals surface area contributed by atoms with Crippen LogP contribution in [0.4, 0.5) is 17.6 Å². The number of hydrogen-bond acceptors (Lipinski definition) is 4. The number of ether oxygens (including phenoxy) is 2. The van der Waals surface area contributed by atoms with E-state index in [0.717, 1.165) is 12.1 Å². The first-order valence-electron chi connectivity index (χ1n) is 15.5. The molecule has 0 aliphatic heterocycles. The van der Waals surface area contributed by atoms with Crippen molar-refractivity contribution in [2.24, 2.45) is 10.8 Å². The van der Waals surface area contributed by atoms with Crippen LogP contribution in [0.3, 0.4) is 0 Å². The van der Waals surface area contributed by atoms with Crippen LogP contribution in [-0.4, -0.2) is 38.2 Å². The molecule has 4 rings (SSSR count). The Morgan fingerprint density at radius 2 is 0.980 bits per heavy atom. The first-order chi connectivity index (χ1) is 22.7. The van der Waals surface area contributed by atoms with Gasteiger partial charge in [-0.15, -0.1) is 35.4 Å². The fourth-order valence-corrected chi connectivity index (χ4v) is 3.54. The third-order valence-corrected chi connectivity index (χ3v) is 6.44. The van der Waals surface area contributed by atoms with Gasteiger partial charge in [0, 0.05) is 49.6 Å². The van der Waals surface area contributed by atoms with Gasteiger partial charge in [0.2, 0.25) is 11.8 Å². The Kier molecular flexibility index (Phi) is 22.8. The van der Waals surface area contributed by atoms with E-state index in [4.69, 9.17) is 9.47 Å². The van der Waals surface area contributed by atoms with Crippen LogP contribution in [0.15, 0.2) is 84.9 Å². The maximum Gasteiger partial charge on any atom is 4.00 e. The van der Waals surface area contributed by atoms with E-state index in [1.165, 1.54) is 12.1 Å². The number of nitrogens with one attached hydrogen (secondary N) is 2. The molecule has 0 fully saturated rings. The summed E-state index contributed by atoms with van der Waals surface area (Å²) < 4.78 is 62.4. The molecule has 0 radical (unpaired) electrons. The predicted octanol–water partition coefficient (Wildman–Crippen LogP) is 7.70. The molecule has 0 aliphatic carbocycles. The van der Waals surface area contributed by atoms with Gasteiger partial charge in [-0.3, -0.25) is 9.59 Å². The fourth-order valence-electron chi connectivity index (χ4n) is 3.54. The Morgan fingerprint density at radius 3 is 1.22 bits per heavy atom. The van der Waals surface area contributed by atoms with Gasteiger partial charge in [0.1, 0.15) is 0 Å². The average molecular weight is 719 g/mol. The first-order valence-corrected chi connectivity index (χ1v) is 15.5. The molecule has 0 heterocycles. The molecule has 264 valence electrons. The molecule has 2 N–H and O–H groups in total. The zero-order valence-electron chi connectivity index (χ0n) is 29.0. The molecular weight excluding hydrogens is 672 g/mol. The molecule has 0 spiro atoms. The van der Waals surface area contributed by atoms with Crippen LogP contribution >= 0.6 is 0 Å². The number of carbonyl (C=O) groups is 2. The van der Waals surface area contributed by atoms with Crippen molar-refractivity contribution in [2.45, 2.75) is 54.6 Å². The van der Waals surface area contributed by atoms with Crippen LogP contribution < -0.4 is 10.6 Å². The van der Waals surface area contributed by atoms with E-state index in [2.05, 4.69) is 10.6 Å². The van der Waals surface area contributed by atoms with Crippen LogP contribution in [0, 0.1) is 46.2 Å². The van der Waals surface area contributed by atoms with Gasteiger partial charge in [-0.2, -0.15) is 48.5 Å². The van der Waals surface area contributed by atoms with Gasteiger partial charge in [0.25, 0.3) is 0 Å². The smallest absolute Gasteiger partial charge is 0.381 e. The number of rotatable bonds is 12. The van der Waals surface area contributed by atoms with Gasteiger partial charge in [-0.25, -0.2) is 41.8 Å². The van der Waals surface area contributed by atoms with Crippen molar-refractivity contribution in [1.29, 1.82) is 0 Å². The predicted molar refractivity (Wildman–Crippen MR) is 179 cm³/mol. The molecule has 6 nitrogen and oxygen atoms in total. The number of amides is 2. The zero-order chi connectivity index (χ0) is 36.0. The van der Waals surface area contributed by atoms with Crippen LogP contribution in [-0.2, 0) is 53.9 Å². The second-order valence-corrected chi connectivity index (χ2v) is 11.6. The van der Waals surface area contributed by atoms with Crippen molar-refractivity contribution in [3.63, 3.8) is 0 Å². The molecule has 4 aromatic rings. The van der Waals surface area contributed by atoms with Crippen LogP contribution in [0.1, 0.15) is 52.7 Å². The summed E-state index contributed by atoms with van der Waals surface area (Å²) in [7, 11) is 0. The molecule has 0 atom stereocenters. The van der Waals surface area contributed by atoms with E-state index < -0.39 is 34.1 Å². The summed E-state index contributed by atoms with van der Waals surface area (Å²) >= 11 is 0. The van der Waals surface area contributed by atoms with E-state index in [-0.39, 0.29) is 71.0 Å². The van der Waals surface area contributed by atoms with Crippen molar-refractivity contribution in [3.8, 4) is 0 Å². The Labute approximate surface area is 303 Å². The maximum absolute atomic E-state index is 13.3. The minimum atomic E-state index is -0.789.